The molecule has 4 rings (SSSR count). The summed E-state index contributed by atoms with van der Waals surface area (Å²) in [6.07, 6.45) is 3.48. The summed E-state index contributed by atoms with van der Waals surface area (Å²) in [5.74, 6) is -0.0531. The molecule has 0 spiro atoms. The van der Waals surface area contributed by atoms with Crippen LogP contribution in [-0.2, 0) is 16.0 Å². The van der Waals surface area contributed by atoms with Crippen LogP contribution in [0.3, 0.4) is 0 Å². The Hall–Kier alpha value is -3.28. The lowest BCUT2D eigenvalue weighted by molar-refractivity contribution is -0.139. The number of rotatable bonds is 7. The second-order valence-electron chi connectivity index (χ2n) is 7.86. The average molecular weight is 421 g/mol. The van der Waals surface area contributed by atoms with Gasteiger partial charge in [0.1, 0.15) is 17.3 Å². The normalized spacial score (nSPS) is 19.4. The number of carbonyl (C=O) groups excluding carboxylic acids is 2. The third kappa shape index (κ3) is 3.78. The number of hydrogen-bond donors (Lipinski definition) is 1. The van der Waals surface area contributed by atoms with Crippen LogP contribution in [0.2, 0.25) is 0 Å². The van der Waals surface area contributed by atoms with Gasteiger partial charge in [0.25, 0.3) is 11.7 Å². The lowest BCUT2D eigenvalue weighted by atomic mass is 9.94. The zero-order chi connectivity index (χ0) is 22.0. The predicted molar refractivity (Wildman–Crippen MR) is 117 cm³/mol. The van der Waals surface area contributed by atoms with Gasteiger partial charge in [0.15, 0.2) is 0 Å². The quantitative estimate of drug-likeness (QED) is 0.313. The molecular weight excluding hydrogens is 394 g/mol. The number of likely N-dealkylation sites (tertiary alicyclic amines) is 1. The van der Waals surface area contributed by atoms with E-state index in [2.05, 4.69) is 6.92 Å². The molecule has 1 saturated heterocycles. The van der Waals surface area contributed by atoms with Gasteiger partial charge in [-0.2, -0.15) is 0 Å². The standard InChI is InChI=1S/C25H27NO5/c1-3-4-7-13-26-22(18-8-5-6-9-20(18)30-2)21(24(28)25(26)29)23(27)17-10-11-19-16(15-17)12-14-31-19/h5-6,8-11,15,22,27H,3-4,7,12-14H2,1-2H3/b23-21+. The van der Waals surface area contributed by atoms with Crippen LogP contribution in [0, 0.1) is 0 Å². The lowest BCUT2D eigenvalue weighted by Crippen LogP contribution is -2.30. The van der Waals surface area contributed by atoms with Crippen LogP contribution in [0.1, 0.15) is 48.9 Å². The third-order valence-corrected chi connectivity index (χ3v) is 5.94. The van der Waals surface area contributed by atoms with Crippen molar-refractivity contribution in [3.05, 3.63) is 64.7 Å². The fourth-order valence-electron chi connectivity index (χ4n) is 4.35. The van der Waals surface area contributed by atoms with Crippen molar-refractivity contribution in [3.63, 3.8) is 0 Å². The molecule has 6 nitrogen and oxygen atoms in total. The number of ether oxygens (including phenoxy) is 2. The number of amides is 1. The molecule has 0 saturated carbocycles. The van der Waals surface area contributed by atoms with Crippen LogP contribution in [0.15, 0.2) is 48.0 Å². The van der Waals surface area contributed by atoms with Crippen molar-refractivity contribution in [1.29, 1.82) is 0 Å². The highest BCUT2D eigenvalue weighted by atomic mass is 16.5. The number of methoxy groups -OCH3 is 1. The Morgan fingerprint density at radius 3 is 2.77 bits per heavy atom. The van der Waals surface area contributed by atoms with Crippen molar-refractivity contribution in [1.82, 2.24) is 4.90 Å². The van der Waals surface area contributed by atoms with E-state index >= 15 is 0 Å². The Morgan fingerprint density at radius 1 is 1.19 bits per heavy atom. The summed E-state index contributed by atoms with van der Waals surface area (Å²) in [6, 6.07) is 12.0. The molecule has 2 aromatic rings. The summed E-state index contributed by atoms with van der Waals surface area (Å²) in [7, 11) is 1.56. The first-order chi connectivity index (χ1) is 15.1. The van der Waals surface area contributed by atoms with Gasteiger partial charge in [-0.3, -0.25) is 9.59 Å². The van der Waals surface area contributed by atoms with Gasteiger partial charge < -0.3 is 19.5 Å². The van der Waals surface area contributed by atoms with Gasteiger partial charge in [-0.15, -0.1) is 0 Å². The summed E-state index contributed by atoms with van der Waals surface area (Å²) < 4.78 is 11.1. The molecule has 31 heavy (non-hydrogen) atoms. The predicted octanol–water partition coefficient (Wildman–Crippen LogP) is 4.24. The van der Waals surface area contributed by atoms with Crippen molar-refractivity contribution < 1.29 is 24.2 Å². The van der Waals surface area contributed by atoms with E-state index in [1.54, 1.807) is 30.2 Å². The molecular formula is C25H27NO5. The van der Waals surface area contributed by atoms with E-state index in [1.807, 2.05) is 24.3 Å². The minimum Gasteiger partial charge on any atom is -0.507 e. The van der Waals surface area contributed by atoms with Crippen molar-refractivity contribution in [2.24, 2.45) is 0 Å². The first kappa shape index (κ1) is 21.0. The van der Waals surface area contributed by atoms with Gasteiger partial charge >= 0.3 is 0 Å². The number of hydrogen-bond acceptors (Lipinski definition) is 5. The maximum absolute atomic E-state index is 13.1. The van der Waals surface area contributed by atoms with E-state index in [9.17, 15) is 14.7 Å². The second kappa shape index (κ2) is 8.84. The molecule has 2 aromatic carbocycles. The summed E-state index contributed by atoms with van der Waals surface area (Å²) in [5, 5.41) is 11.2. The van der Waals surface area contributed by atoms with E-state index in [1.165, 1.54) is 0 Å². The number of fused-ring (bicyclic) bond motifs is 1. The van der Waals surface area contributed by atoms with Crippen molar-refractivity contribution in [2.45, 2.75) is 38.6 Å². The largest absolute Gasteiger partial charge is 0.507 e. The number of benzene rings is 2. The number of nitrogens with zero attached hydrogens (tertiary/aromatic N) is 1. The average Bonchev–Trinajstić information content (AvgIpc) is 3.36. The van der Waals surface area contributed by atoms with E-state index in [4.69, 9.17) is 9.47 Å². The molecule has 2 aliphatic rings. The molecule has 1 amide bonds. The van der Waals surface area contributed by atoms with Gasteiger partial charge in [-0.05, 0) is 36.2 Å². The lowest BCUT2D eigenvalue weighted by Gasteiger charge is -2.26. The number of aliphatic hydroxyl groups is 1. The fraction of sp³-hybridized carbons (Fsp3) is 0.360. The van der Waals surface area contributed by atoms with Crippen LogP contribution in [-0.4, -0.2) is 42.0 Å². The Kier molecular flexibility index (Phi) is 5.98. The molecule has 1 N–H and O–H groups in total. The third-order valence-electron chi connectivity index (χ3n) is 5.94. The first-order valence-electron chi connectivity index (χ1n) is 10.7. The Morgan fingerprint density at radius 2 is 2.00 bits per heavy atom. The number of aliphatic hydroxyl groups excluding tert-OH is 1. The fourth-order valence-corrected chi connectivity index (χ4v) is 4.35. The highest BCUT2D eigenvalue weighted by Gasteiger charge is 2.46. The smallest absolute Gasteiger partial charge is 0.295 e. The number of para-hydroxylation sites is 1. The Balaban J connectivity index is 1.84. The van der Waals surface area contributed by atoms with Crippen molar-refractivity contribution >= 4 is 17.4 Å². The van der Waals surface area contributed by atoms with Gasteiger partial charge in [-0.1, -0.05) is 38.0 Å². The van der Waals surface area contributed by atoms with Gasteiger partial charge in [0.2, 0.25) is 0 Å². The summed E-state index contributed by atoms with van der Waals surface area (Å²) in [4.78, 5) is 27.7. The molecule has 162 valence electrons. The van der Waals surface area contributed by atoms with Crippen molar-refractivity contribution in [3.8, 4) is 11.5 Å². The topological polar surface area (TPSA) is 76.1 Å². The van der Waals surface area contributed by atoms with E-state index in [0.717, 1.165) is 37.0 Å². The molecule has 0 aliphatic carbocycles. The number of Topliss-reactive ketones (excluding diaryl/α,β-unsaturated/α-hetero) is 1. The van der Waals surface area contributed by atoms with Crippen LogP contribution >= 0.6 is 0 Å². The monoisotopic (exact) mass is 421 g/mol. The molecule has 1 unspecified atom stereocenters. The summed E-state index contributed by atoms with van der Waals surface area (Å²) in [5.41, 5.74) is 2.28. The minimum absolute atomic E-state index is 0.102. The first-order valence-corrected chi connectivity index (χ1v) is 10.7. The van der Waals surface area contributed by atoms with E-state index in [0.29, 0.717) is 30.0 Å². The molecule has 0 aromatic heterocycles. The number of unbranched alkanes of at least 4 members (excludes halogenated alkanes) is 2. The van der Waals surface area contributed by atoms with Gasteiger partial charge in [0, 0.05) is 24.1 Å². The minimum atomic E-state index is -0.697. The van der Waals surface area contributed by atoms with Crippen LogP contribution in [0.5, 0.6) is 11.5 Å². The van der Waals surface area contributed by atoms with E-state index in [-0.39, 0.29) is 11.3 Å². The maximum Gasteiger partial charge on any atom is 0.295 e. The van der Waals surface area contributed by atoms with Crippen LogP contribution < -0.4 is 9.47 Å². The number of ketones is 1. The molecule has 6 heteroatoms. The van der Waals surface area contributed by atoms with Gasteiger partial charge in [-0.25, -0.2) is 0 Å². The zero-order valence-electron chi connectivity index (χ0n) is 17.9. The van der Waals surface area contributed by atoms with Gasteiger partial charge in [0.05, 0.1) is 25.3 Å². The Bertz CT molecular complexity index is 1040. The SMILES string of the molecule is CCCCCN1C(=O)C(=O)/C(=C(/O)c2ccc3c(c2)CCO3)C1c1ccccc1OC. The highest BCUT2D eigenvalue weighted by molar-refractivity contribution is 6.46. The molecule has 0 bridgehead atoms. The van der Waals surface area contributed by atoms with Crippen LogP contribution in [0.4, 0.5) is 0 Å². The Labute approximate surface area is 182 Å². The van der Waals surface area contributed by atoms with E-state index < -0.39 is 17.7 Å². The maximum atomic E-state index is 13.1. The molecule has 1 atom stereocenters. The molecule has 0 radical (unpaired) electrons. The van der Waals surface area contributed by atoms with Crippen LogP contribution in [0.25, 0.3) is 5.76 Å². The molecule has 2 heterocycles. The second-order valence-corrected chi connectivity index (χ2v) is 7.86. The zero-order valence-corrected chi connectivity index (χ0v) is 17.9. The van der Waals surface area contributed by atoms with Crippen molar-refractivity contribution in [2.75, 3.05) is 20.3 Å². The number of carbonyl (C=O) groups is 2. The highest BCUT2D eigenvalue weighted by Crippen LogP contribution is 2.43. The molecule has 1 fully saturated rings. The summed E-state index contributed by atoms with van der Waals surface area (Å²) >= 11 is 0. The molecule has 2 aliphatic heterocycles. The summed E-state index contributed by atoms with van der Waals surface area (Å²) in [6.45, 7) is 3.13.